The van der Waals surface area contributed by atoms with E-state index in [4.69, 9.17) is 15.2 Å². The van der Waals surface area contributed by atoms with Crippen molar-refractivity contribution in [3.8, 4) is 11.5 Å². The summed E-state index contributed by atoms with van der Waals surface area (Å²) in [6.45, 7) is 1.68. The summed E-state index contributed by atoms with van der Waals surface area (Å²) in [6.07, 6.45) is -0.640. The van der Waals surface area contributed by atoms with E-state index in [-0.39, 0.29) is 5.91 Å². The lowest BCUT2D eigenvalue weighted by Crippen LogP contribution is -2.30. The molecule has 0 radical (unpaired) electrons. The van der Waals surface area contributed by atoms with Crippen molar-refractivity contribution < 1.29 is 14.3 Å². The van der Waals surface area contributed by atoms with E-state index in [1.165, 1.54) is 7.11 Å². The molecule has 0 bridgehead atoms. The van der Waals surface area contributed by atoms with Gasteiger partial charge in [0.1, 0.15) is 11.5 Å². The Hall–Kier alpha value is -2.69. The Morgan fingerprint density at radius 3 is 2.57 bits per heavy atom. The molecule has 21 heavy (non-hydrogen) atoms. The molecule has 0 fully saturated rings. The van der Waals surface area contributed by atoms with Gasteiger partial charge in [-0.1, -0.05) is 18.2 Å². The Bertz CT molecular complexity index is 614. The molecule has 5 nitrogen and oxygen atoms in total. The molecular formula is C16H18N2O3. The number of nitrogen functional groups attached to an aromatic ring is 1. The van der Waals surface area contributed by atoms with E-state index in [9.17, 15) is 4.79 Å². The Morgan fingerprint density at radius 2 is 1.90 bits per heavy atom. The first kappa shape index (κ1) is 14.7. The predicted molar refractivity (Wildman–Crippen MR) is 82.6 cm³/mol. The fourth-order valence-electron chi connectivity index (χ4n) is 1.81. The first-order valence-corrected chi connectivity index (χ1v) is 6.56. The minimum absolute atomic E-state index is 0.275. The molecule has 0 saturated heterocycles. The number of amides is 1. The van der Waals surface area contributed by atoms with Crippen LogP contribution >= 0.6 is 0 Å². The van der Waals surface area contributed by atoms with Crippen molar-refractivity contribution in [3.05, 3.63) is 48.5 Å². The molecule has 0 aliphatic rings. The van der Waals surface area contributed by atoms with Gasteiger partial charge in [-0.25, -0.2) is 0 Å². The van der Waals surface area contributed by atoms with Crippen molar-refractivity contribution in [1.82, 2.24) is 0 Å². The highest BCUT2D eigenvalue weighted by Crippen LogP contribution is 2.26. The number of hydrogen-bond acceptors (Lipinski definition) is 4. The van der Waals surface area contributed by atoms with Crippen LogP contribution in [0.2, 0.25) is 0 Å². The summed E-state index contributed by atoms with van der Waals surface area (Å²) in [5.41, 5.74) is 6.78. The number of rotatable bonds is 5. The molecule has 1 atom stereocenters. The summed E-state index contributed by atoms with van der Waals surface area (Å²) < 4.78 is 10.8. The normalized spacial score (nSPS) is 11.5. The van der Waals surface area contributed by atoms with Crippen LogP contribution in [0.1, 0.15) is 6.92 Å². The quantitative estimate of drug-likeness (QED) is 0.829. The molecule has 1 amide bonds. The maximum absolute atomic E-state index is 12.2. The molecular weight excluding hydrogens is 268 g/mol. The van der Waals surface area contributed by atoms with E-state index < -0.39 is 6.10 Å². The van der Waals surface area contributed by atoms with Crippen LogP contribution in [0, 0.1) is 0 Å². The van der Waals surface area contributed by atoms with Crippen molar-refractivity contribution in [2.45, 2.75) is 13.0 Å². The van der Waals surface area contributed by atoms with Gasteiger partial charge in [0.2, 0.25) is 0 Å². The Labute approximate surface area is 123 Å². The number of anilines is 2. The molecule has 0 aliphatic heterocycles. The van der Waals surface area contributed by atoms with E-state index in [2.05, 4.69) is 5.32 Å². The summed E-state index contributed by atoms with van der Waals surface area (Å²) in [6, 6.07) is 14.2. The highest BCUT2D eigenvalue weighted by molar-refractivity contribution is 5.95. The largest absolute Gasteiger partial charge is 0.495 e. The lowest BCUT2D eigenvalue weighted by atomic mass is 10.2. The second kappa shape index (κ2) is 6.65. The van der Waals surface area contributed by atoms with Gasteiger partial charge in [-0.05, 0) is 37.3 Å². The number of carbonyl (C=O) groups excluding carboxylic acids is 1. The Balaban J connectivity index is 2.05. The van der Waals surface area contributed by atoms with Crippen LogP contribution in [0.4, 0.5) is 11.4 Å². The lowest BCUT2D eigenvalue weighted by Gasteiger charge is -2.16. The molecule has 110 valence electrons. The van der Waals surface area contributed by atoms with Gasteiger partial charge in [0.05, 0.1) is 12.8 Å². The molecule has 0 heterocycles. The van der Waals surface area contributed by atoms with Gasteiger partial charge in [0.15, 0.2) is 6.10 Å². The summed E-state index contributed by atoms with van der Waals surface area (Å²) >= 11 is 0. The number of nitrogens with one attached hydrogen (secondary N) is 1. The minimum Gasteiger partial charge on any atom is -0.495 e. The number of ether oxygens (including phenoxy) is 2. The lowest BCUT2D eigenvalue weighted by molar-refractivity contribution is -0.122. The van der Waals surface area contributed by atoms with Crippen LogP contribution < -0.4 is 20.5 Å². The van der Waals surface area contributed by atoms with Crippen LogP contribution in [0.15, 0.2) is 48.5 Å². The maximum atomic E-state index is 12.2. The SMILES string of the molecule is COc1ccc(N)cc1NC(=O)C(C)Oc1ccccc1. The fraction of sp³-hybridized carbons (Fsp3) is 0.188. The van der Waals surface area contributed by atoms with Crippen molar-refractivity contribution >= 4 is 17.3 Å². The third-order valence-corrected chi connectivity index (χ3v) is 2.91. The van der Waals surface area contributed by atoms with Crippen molar-refractivity contribution in [2.24, 2.45) is 0 Å². The smallest absolute Gasteiger partial charge is 0.265 e. The zero-order valence-corrected chi connectivity index (χ0v) is 12.0. The van der Waals surface area contributed by atoms with Crippen LogP contribution in [-0.4, -0.2) is 19.1 Å². The van der Waals surface area contributed by atoms with Gasteiger partial charge in [0.25, 0.3) is 5.91 Å². The van der Waals surface area contributed by atoms with Crippen LogP contribution in [0.25, 0.3) is 0 Å². The number of methoxy groups -OCH3 is 1. The Morgan fingerprint density at radius 1 is 1.19 bits per heavy atom. The third kappa shape index (κ3) is 3.89. The summed E-state index contributed by atoms with van der Waals surface area (Å²) in [4.78, 5) is 12.2. The average molecular weight is 286 g/mol. The number of para-hydroxylation sites is 1. The molecule has 0 spiro atoms. The summed E-state index contributed by atoms with van der Waals surface area (Å²) in [5.74, 6) is 0.909. The van der Waals surface area contributed by atoms with E-state index in [0.29, 0.717) is 22.9 Å². The van der Waals surface area contributed by atoms with E-state index in [1.54, 1.807) is 37.3 Å². The second-order valence-electron chi connectivity index (χ2n) is 4.52. The third-order valence-electron chi connectivity index (χ3n) is 2.91. The highest BCUT2D eigenvalue weighted by Gasteiger charge is 2.16. The molecule has 0 saturated carbocycles. The van der Waals surface area contributed by atoms with E-state index >= 15 is 0 Å². The monoisotopic (exact) mass is 286 g/mol. The van der Waals surface area contributed by atoms with Gasteiger partial charge < -0.3 is 20.5 Å². The van der Waals surface area contributed by atoms with Gasteiger partial charge >= 0.3 is 0 Å². The summed E-state index contributed by atoms with van der Waals surface area (Å²) in [7, 11) is 1.53. The molecule has 2 aromatic carbocycles. The highest BCUT2D eigenvalue weighted by atomic mass is 16.5. The molecule has 0 aliphatic carbocycles. The molecule has 0 aromatic heterocycles. The molecule has 3 N–H and O–H groups in total. The van der Waals surface area contributed by atoms with Crippen LogP contribution in [0.3, 0.4) is 0 Å². The molecule has 2 aromatic rings. The number of carbonyl (C=O) groups is 1. The van der Waals surface area contributed by atoms with Crippen LogP contribution in [-0.2, 0) is 4.79 Å². The van der Waals surface area contributed by atoms with E-state index in [0.717, 1.165) is 0 Å². The first-order valence-electron chi connectivity index (χ1n) is 6.56. The number of benzene rings is 2. The van der Waals surface area contributed by atoms with Gasteiger partial charge in [-0.3, -0.25) is 4.79 Å². The zero-order valence-electron chi connectivity index (χ0n) is 12.0. The minimum atomic E-state index is -0.640. The Kier molecular flexibility index (Phi) is 4.66. The average Bonchev–Trinajstić information content (AvgIpc) is 2.48. The van der Waals surface area contributed by atoms with Gasteiger partial charge in [-0.15, -0.1) is 0 Å². The van der Waals surface area contributed by atoms with Crippen molar-refractivity contribution in [3.63, 3.8) is 0 Å². The van der Waals surface area contributed by atoms with Gasteiger partial charge in [0, 0.05) is 5.69 Å². The summed E-state index contributed by atoms with van der Waals surface area (Å²) in [5, 5.41) is 2.75. The zero-order chi connectivity index (χ0) is 15.2. The van der Waals surface area contributed by atoms with Crippen molar-refractivity contribution in [2.75, 3.05) is 18.2 Å². The number of nitrogens with two attached hydrogens (primary N) is 1. The first-order chi connectivity index (χ1) is 10.1. The standard InChI is InChI=1S/C16H18N2O3/c1-11(21-13-6-4-3-5-7-13)16(19)18-14-10-12(17)8-9-15(14)20-2/h3-11H,17H2,1-2H3,(H,18,19). The molecule has 1 unspecified atom stereocenters. The van der Waals surface area contributed by atoms with Crippen molar-refractivity contribution in [1.29, 1.82) is 0 Å². The molecule has 5 heteroatoms. The fourth-order valence-corrected chi connectivity index (χ4v) is 1.81. The molecule has 2 rings (SSSR count). The topological polar surface area (TPSA) is 73.6 Å². The van der Waals surface area contributed by atoms with Gasteiger partial charge in [-0.2, -0.15) is 0 Å². The maximum Gasteiger partial charge on any atom is 0.265 e. The van der Waals surface area contributed by atoms with E-state index in [1.807, 2.05) is 18.2 Å². The number of hydrogen-bond donors (Lipinski definition) is 2. The predicted octanol–water partition coefficient (Wildman–Crippen LogP) is 2.68. The van der Waals surface area contributed by atoms with Crippen LogP contribution in [0.5, 0.6) is 11.5 Å². The second-order valence-corrected chi connectivity index (χ2v) is 4.52.